The largest absolute Gasteiger partial charge is 0.497 e. The molecule has 0 spiro atoms. The van der Waals surface area contributed by atoms with Gasteiger partial charge in [0, 0.05) is 24.3 Å². The number of carbonyl (C=O) groups excluding carboxylic acids is 2. The number of ether oxygens (including phenoxy) is 2. The fourth-order valence-corrected chi connectivity index (χ4v) is 3.42. The lowest BCUT2D eigenvalue weighted by Gasteiger charge is -2.30. The van der Waals surface area contributed by atoms with Crippen LogP contribution in [0.15, 0.2) is 42.5 Å². The first kappa shape index (κ1) is 19.5. The van der Waals surface area contributed by atoms with E-state index < -0.39 is 6.03 Å². The number of nitrogens with zero attached hydrogens (tertiary/aromatic N) is 1. The molecular weight excluding hydrogens is 358 g/mol. The molecule has 2 aromatic carbocycles. The SMILES string of the molecule is COc1ccc(-c2cc(NC(=O)[C@@H]3CCCN(C(N)=O)C3)ccc2OC)cc1. The second-order valence-electron chi connectivity index (χ2n) is 6.76. The number of piperidine rings is 1. The van der Waals surface area contributed by atoms with Crippen molar-refractivity contribution in [3.63, 3.8) is 0 Å². The fraction of sp³-hybridized carbons (Fsp3) is 0.333. The number of urea groups is 1. The van der Waals surface area contributed by atoms with Gasteiger partial charge in [-0.1, -0.05) is 12.1 Å². The van der Waals surface area contributed by atoms with Crippen molar-refractivity contribution in [2.75, 3.05) is 32.6 Å². The van der Waals surface area contributed by atoms with Crippen molar-refractivity contribution in [3.8, 4) is 22.6 Å². The molecule has 0 aliphatic carbocycles. The van der Waals surface area contributed by atoms with Crippen molar-refractivity contribution in [1.82, 2.24) is 4.90 Å². The molecule has 0 bridgehead atoms. The zero-order valence-corrected chi connectivity index (χ0v) is 16.1. The predicted molar refractivity (Wildman–Crippen MR) is 107 cm³/mol. The Morgan fingerprint density at radius 2 is 1.86 bits per heavy atom. The summed E-state index contributed by atoms with van der Waals surface area (Å²) in [6.45, 7) is 0.950. The lowest BCUT2D eigenvalue weighted by atomic mass is 9.97. The molecule has 1 atom stereocenters. The van der Waals surface area contributed by atoms with E-state index in [1.165, 1.54) is 4.90 Å². The highest BCUT2D eigenvalue weighted by atomic mass is 16.5. The van der Waals surface area contributed by atoms with Gasteiger partial charge < -0.3 is 25.4 Å². The number of nitrogens with two attached hydrogens (primary N) is 1. The topological polar surface area (TPSA) is 93.9 Å². The van der Waals surface area contributed by atoms with E-state index >= 15 is 0 Å². The molecular formula is C21H25N3O4. The summed E-state index contributed by atoms with van der Waals surface area (Å²) in [4.78, 5) is 25.6. The maximum atomic E-state index is 12.7. The number of hydrogen-bond acceptors (Lipinski definition) is 4. The summed E-state index contributed by atoms with van der Waals surface area (Å²) in [6, 6.07) is 12.7. The van der Waals surface area contributed by atoms with Crippen LogP contribution in [0.2, 0.25) is 0 Å². The van der Waals surface area contributed by atoms with Crippen molar-refractivity contribution in [3.05, 3.63) is 42.5 Å². The Bertz CT molecular complexity index is 851. The predicted octanol–water partition coefficient (Wildman–Crippen LogP) is 3.10. The molecule has 1 heterocycles. The minimum atomic E-state index is -0.483. The normalized spacial score (nSPS) is 16.4. The quantitative estimate of drug-likeness (QED) is 0.830. The van der Waals surface area contributed by atoms with Crippen LogP contribution in [0.25, 0.3) is 11.1 Å². The van der Waals surface area contributed by atoms with Gasteiger partial charge >= 0.3 is 6.03 Å². The molecule has 0 aromatic heterocycles. The van der Waals surface area contributed by atoms with Gasteiger partial charge in [0.15, 0.2) is 0 Å². The van der Waals surface area contributed by atoms with Crippen molar-refractivity contribution in [1.29, 1.82) is 0 Å². The second kappa shape index (κ2) is 8.65. The first-order valence-electron chi connectivity index (χ1n) is 9.19. The minimum Gasteiger partial charge on any atom is -0.497 e. The summed E-state index contributed by atoms with van der Waals surface area (Å²) in [7, 11) is 3.23. The number of likely N-dealkylation sites (tertiary alicyclic amines) is 1. The third-order valence-corrected chi connectivity index (χ3v) is 4.97. The number of rotatable bonds is 5. The molecule has 3 N–H and O–H groups in total. The molecule has 0 saturated carbocycles. The minimum absolute atomic E-state index is 0.114. The van der Waals surface area contributed by atoms with Crippen LogP contribution in [-0.4, -0.2) is 44.1 Å². The highest BCUT2D eigenvalue weighted by Gasteiger charge is 2.27. The molecule has 1 saturated heterocycles. The summed E-state index contributed by atoms with van der Waals surface area (Å²) in [5.41, 5.74) is 7.84. The van der Waals surface area contributed by atoms with Crippen LogP contribution in [0.5, 0.6) is 11.5 Å². The number of nitrogens with one attached hydrogen (secondary N) is 1. The van der Waals surface area contributed by atoms with E-state index in [0.29, 0.717) is 24.5 Å². The van der Waals surface area contributed by atoms with E-state index in [1.807, 2.05) is 36.4 Å². The molecule has 2 aromatic rings. The third-order valence-electron chi connectivity index (χ3n) is 4.97. The molecule has 7 nitrogen and oxygen atoms in total. The maximum absolute atomic E-state index is 12.7. The van der Waals surface area contributed by atoms with Crippen LogP contribution >= 0.6 is 0 Å². The van der Waals surface area contributed by atoms with E-state index in [1.54, 1.807) is 20.3 Å². The number of hydrogen-bond donors (Lipinski definition) is 2. The van der Waals surface area contributed by atoms with Crippen LogP contribution in [-0.2, 0) is 4.79 Å². The maximum Gasteiger partial charge on any atom is 0.314 e. The number of methoxy groups -OCH3 is 2. The molecule has 28 heavy (non-hydrogen) atoms. The van der Waals surface area contributed by atoms with Gasteiger partial charge in [-0.3, -0.25) is 4.79 Å². The Morgan fingerprint density at radius 3 is 2.50 bits per heavy atom. The smallest absolute Gasteiger partial charge is 0.314 e. The summed E-state index contributed by atoms with van der Waals surface area (Å²) in [6.07, 6.45) is 1.50. The van der Waals surface area contributed by atoms with Gasteiger partial charge in [0.05, 0.1) is 20.1 Å². The molecule has 1 aliphatic rings. The number of benzene rings is 2. The van der Waals surface area contributed by atoms with Crippen LogP contribution < -0.4 is 20.5 Å². The van der Waals surface area contributed by atoms with Crippen molar-refractivity contribution < 1.29 is 19.1 Å². The van der Waals surface area contributed by atoms with Crippen LogP contribution in [0.3, 0.4) is 0 Å². The van der Waals surface area contributed by atoms with Gasteiger partial charge in [0.25, 0.3) is 0 Å². The molecule has 3 rings (SSSR count). The summed E-state index contributed by atoms with van der Waals surface area (Å²) in [5, 5.41) is 2.96. The molecule has 7 heteroatoms. The number of carbonyl (C=O) groups is 2. The third kappa shape index (κ3) is 4.36. The Hall–Kier alpha value is -3.22. The zero-order chi connectivity index (χ0) is 20.1. The number of amides is 3. The van der Waals surface area contributed by atoms with Gasteiger partial charge in [-0.15, -0.1) is 0 Å². The van der Waals surface area contributed by atoms with E-state index in [9.17, 15) is 9.59 Å². The van der Waals surface area contributed by atoms with E-state index in [2.05, 4.69) is 5.32 Å². The van der Waals surface area contributed by atoms with E-state index in [0.717, 1.165) is 29.7 Å². The Labute approximate surface area is 164 Å². The Kier molecular flexibility index (Phi) is 6.03. The van der Waals surface area contributed by atoms with E-state index in [-0.39, 0.29) is 11.8 Å². The van der Waals surface area contributed by atoms with Gasteiger partial charge in [0.2, 0.25) is 5.91 Å². The second-order valence-corrected chi connectivity index (χ2v) is 6.76. The standard InChI is InChI=1S/C21H25N3O4/c1-27-17-8-5-14(6-9-17)18-12-16(7-10-19(18)28-2)23-20(25)15-4-3-11-24(13-15)21(22)26/h5-10,12,15H,3-4,11,13H2,1-2H3,(H2,22,26)(H,23,25)/t15-/m1/s1. The van der Waals surface area contributed by atoms with Crippen LogP contribution in [0.1, 0.15) is 12.8 Å². The zero-order valence-electron chi connectivity index (χ0n) is 16.1. The average molecular weight is 383 g/mol. The van der Waals surface area contributed by atoms with Crippen LogP contribution in [0.4, 0.5) is 10.5 Å². The molecule has 1 aliphatic heterocycles. The van der Waals surface area contributed by atoms with Crippen molar-refractivity contribution in [2.24, 2.45) is 11.7 Å². The summed E-state index contributed by atoms with van der Waals surface area (Å²) in [5.74, 6) is 1.09. The Balaban J connectivity index is 1.78. The van der Waals surface area contributed by atoms with Gasteiger partial charge in [-0.05, 0) is 48.7 Å². The monoisotopic (exact) mass is 383 g/mol. The lowest BCUT2D eigenvalue weighted by molar-refractivity contribution is -0.121. The molecule has 148 valence electrons. The lowest BCUT2D eigenvalue weighted by Crippen LogP contribution is -2.46. The Morgan fingerprint density at radius 1 is 1.11 bits per heavy atom. The van der Waals surface area contributed by atoms with Gasteiger partial charge in [0.1, 0.15) is 11.5 Å². The molecule has 0 radical (unpaired) electrons. The number of anilines is 1. The summed E-state index contributed by atoms with van der Waals surface area (Å²) < 4.78 is 10.7. The highest BCUT2D eigenvalue weighted by molar-refractivity contribution is 5.94. The first-order chi connectivity index (χ1) is 13.5. The van der Waals surface area contributed by atoms with Gasteiger partial charge in [-0.2, -0.15) is 0 Å². The summed E-state index contributed by atoms with van der Waals surface area (Å²) >= 11 is 0. The first-order valence-corrected chi connectivity index (χ1v) is 9.19. The average Bonchev–Trinajstić information content (AvgIpc) is 2.73. The van der Waals surface area contributed by atoms with E-state index in [4.69, 9.17) is 15.2 Å². The molecule has 1 fully saturated rings. The van der Waals surface area contributed by atoms with Gasteiger partial charge in [-0.25, -0.2) is 4.79 Å². The number of primary amides is 1. The fourth-order valence-electron chi connectivity index (χ4n) is 3.42. The molecule has 0 unspecified atom stereocenters. The van der Waals surface area contributed by atoms with Crippen LogP contribution in [0, 0.1) is 5.92 Å². The molecule has 3 amide bonds. The highest BCUT2D eigenvalue weighted by Crippen LogP contribution is 2.33. The van der Waals surface area contributed by atoms with Crippen molar-refractivity contribution in [2.45, 2.75) is 12.8 Å². The van der Waals surface area contributed by atoms with Crippen molar-refractivity contribution >= 4 is 17.6 Å².